The molecule has 7 heteroatoms. The summed E-state index contributed by atoms with van der Waals surface area (Å²) in [6.07, 6.45) is 9.90. The summed E-state index contributed by atoms with van der Waals surface area (Å²) >= 11 is 0. The molecule has 27 heavy (non-hydrogen) atoms. The van der Waals surface area contributed by atoms with Gasteiger partial charge in [0.15, 0.2) is 0 Å². The number of ether oxygens (including phenoxy) is 1. The van der Waals surface area contributed by atoms with Crippen molar-refractivity contribution >= 4 is 11.8 Å². The second-order valence-corrected chi connectivity index (χ2v) is 7.97. The molecule has 1 aromatic heterocycles. The quantitative estimate of drug-likeness (QED) is 0.792. The summed E-state index contributed by atoms with van der Waals surface area (Å²) in [6, 6.07) is 1.64. The average Bonchev–Trinajstić information content (AvgIpc) is 2.75. The fourth-order valence-electron chi connectivity index (χ4n) is 4.61. The van der Waals surface area contributed by atoms with Crippen LogP contribution >= 0.6 is 0 Å². The number of carbonyl (C=O) groups excluding carboxylic acids is 2. The van der Waals surface area contributed by atoms with Crippen LogP contribution < -0.4 is 0 Å². The van der Waals surface area contributed by atoms with E-state index in [1.165, 1.54) is 12.7 Å². The lowest BCUT2D eigenvalue weighted by atomic mass is 9.84. The van der Waals surface area contributed by atoms with E-state index in [0.29, 0.717) is 18.8 Å². The number of hydrogen-bond donors (Lipinski definition) is 0. The van der Waals surface area contributed by atoms with Crippen molar-refractivity contribution in [2.24, 2.45) is 5.92 Å². The van der Waals surface area contributed by atoms with Crippen LogP contribution in [0.5, 0.6) is 0 Å². The Morgan fingerprint density at radius 3 is 2.44 bits per heavy atom. The van der Waals surface area contributed by atoms with Gasteiger partial charge < -0.3 is 14.5 Å². The van der Waals surface area contributed by atoms with Gasteiger partial charge in [-0.3, -0.25) is 9.59 Å². The SMILES string of the molecule is O=C(c1ccncn1)N1CCC(C(=O)N2CCC3(CCCCO3)CC2)CC1. The lowest BCUT2D eigenvalue weighted by molar-refractivity contribution is -0.147. The number of aromatic nitrogens is 2. The van der Waals surface area contributed by atoms with E-state index in [9.17, 15) is 9.59 Å². The van der Waals surface area contributed by atoms with Crippen molar-refractivity contribution in [3.63, 3.8) is 0 Å². The molecular weight excluding hydrogens is 344 g/mol. The molecule has 4 rings (SSSR count). The molecule has 0 N–H and O–H groups in total. The molecule has 0 aliphatic carbocycles. The van der Waals surface area contributed by atoms with Gasteiger partial charge in [-0.1, -0.05) is 0 Å². The van der Waals surface area contributed by atoms with Crippen LogP contribution in [0.1, 0.15) is 55.4 Å². The van der Waals surface area contributed by atoms with Gasteiger partial charge in [-0.25, -0.2) is 9.97 Å². The van der Waals surface area contributed by atoms with Crippen molar-refractivity contribution < 1.29 is 14.3 Å². The summed E-state index contributed by atoms with van der Waals surface area (Å²) in [7, 11) is 0. The van der Waals surface area contributed by atoms with E-state index in [4.69, 9.17) is 4.74 Å². The monoisotopic (exact) mass is 372 g/mol. The molecule has 0 unspecified atom stereocenters. The first-order chi connectivity index (χ1) is 13.2. The van der Waals surface area contributed by atoms with Crippen LogP contribution in [0.15, 0.2) is 18.6 Å². The van der Waals surface area contributed by atoms with Gasteiger partial charge >= 0.3 is 0 Å². The molecule has 3 aliphatic rings. The van der Waals surface area contributed by atoms with Gasteiger partial charge in [0.25, 0.3) is 5.91 Å². The van der Waals surface area contributed by atoms with Gasteiger partial charge in [0.2, 0.25) is 5.91 Å². The van der Waals surface area contributed by atoms with Crippen molar-refractivity contribution in [2.75, 3.05) is 32.8 Å². The zero-order valence-electron chi connectivity index (χ0n) is 15.8. The van der Waals surface area contributed by atoms with Crippen LogP contribution in [-0.4, -0.2) is 70.0 Å². The van der Waals surface area contributed by atoms with Crippen molar-refractivity contribution in [1.82, 2.24) is 19.8 Å². The highest BCUT2D eigenvalue weighted by Gasteiger charge is 2.39. The summed E-state index contributed by atoms with van der Waals surface area (Å²) in [5.41, 5.74) is 0.450. The van der Waals surface area contributed by atoms with Crippen LogP contribution in [0.2, 0.25) is 0 Å². The third-order valence-electron chi connectivity index (χ3n) is 6.35. The van der Waals surface area contributed by atoms with Crippen LogP contribution in [0.25, 0.3) is 0 Å². The summed E-state index contributed by atoms with van der Waals surface area (Å²) in [4.78, 5) is 37.1. The van der Waals surface area contributed by atoms with Crippen molar-refractivity contribution in [3.8, 4) is 0 Å². The molecule has 4 heterocycles. The number of carbonyl (C=O) groups is 2. The third kappa shape index (κ3) is 3.98. The Morgan fingerprint density at radius 1 is 1.04 bits per heavy atom. The largest absolute Gasteiger partial charge is 0.375 e. The lowest BCUT2D eigenvalue weighted by Crippen LogP contribution is -2.52. The molecule has 0 aromatic carbocycles. The number of hydrogen-bond acceptors (Lipinski definition) is 5. The number of piperidine rings is 2. The molecular formula is C20H28N4O3. The van der Waals surface area contributed by atoms with E-state index >= 15 is 0 Å². The Kier molecular flexibility index (Phi) is 5.38. The molecule has 0 bridgehead atoms. The van der Waals surface area contributed by atoms with E-state index in [1.54, 1.807) is 17.2 Å². The summed E-state index contributed by atoms with van der Waals surface area (Å²) in [6.45, 7) is 3.70. The normalized spacial score (nSPS) is 23.4. The maximum absolute atomic E-state index is 12.9. The summed E-state index contributed by atoms with van der Waals surface area (Å²) < 4.78 is 6.07. The van der Waals surface area contributed by atoms with Crippen LogP contribution in [0.3, 0.4) is 0 Å². The molecule has 3 fully saturated rings. The van der Waals surface area contributed by atoms with Crippen LogP contribution in [0.4, 0.5) is 0 Å². The van der Waals surface area contributed by atoms with Gasteiger partial charge in [-0.15, -0.1) is 0 Å². The highest BCUT2D eigenvalue weighted by atomic mass is 16.5. The maximum Gasteiger partial charge on any atom is 0.272 e. The topological polar surface area (TPSA) is 75.6 Å². The van der Waals surface area contributed by atoms with E-state index in [1.807, 2.05) is 4.90 Å². The Hall–Kier alpha value is -2.02. The van der Waals surface area contributed by atoms with E-state index in [0.717, 1.165) is 58.2 Å². The number of rotatable bonds is 2. The molecule has 3 saturated heterocycles. The van der Waals surface area contributed by atoms with E-state index in [2.05, 4.69) is 9.97 Å². The third-order valence-corrected chi connectivity index (χ3v) is 6.35. The fourth-order valence-corrected chi connectivity index (χ4v) is 4.61. The zero-order chi connectivity index (χ0) is 18.7. The smallest absolute Gasteiger partial charge is 0.272 e. The fraction of sp³-hybridized carbons (Fsp3) is 0.700. The highest BCUT2D eigenvalue weighted by molar-refractivity contribution is 5.92. The van der Waals surface area contributed by atoms with E-state index < -0.39 is 0 Å². The van der Waals surface area contributed by atoms with Gasteiger partial charge in [-0.2, -0.15) is 0 Å². The lowest BCUT2D eigenvalue weighted by Gasteiger charge is -2.45. The highest BCUT2D eigenvalue weighted by Crippen LogP contribution is 2.35. The molecule has 1 aromatic rings. The Bertz CT molecular complexity index is 657. The number of amides is 2. The Balaban J connectivity index is 1.27. The first-order valence-electron chi connectivity index (χ1n) is 10.1. The van der Waals surface area contributed by atoms with Gasteiger partial charge in [0, 0.05) is 44.9 Å². The molecule has 0 saturated carbocycles. The predicted octanol–water partition coefficient (Wildman–Crippen LogP) is 1.89. The second-order valence-electron chi connectivity index (χ2n) is 7.97. The average molecular weight is 372 g/mol. The van der Waals surface area contributed by atoms with E-state index in [-0.39, 0.29) is 23.3 Å². The minimum absolute atomic E-state index is 0.0285. The molecule has 146 valence electrons. The van der Waals surface area contributed by atoms with Crippen molar-refractivity contribution in [2.45, 2.75) is 50.5 Å². The molecule has 7 nitrogen and oxygen atoms in total. The Morgan fingerprint density at radius 2 is 1.81 bits per heavy atom. The molecule has 1 spiro atoms. The summed E-state index contributed by atoms with van der Waals surface area (Å²) in [5, 5.41) is 0. The molecule has 3 aliphatic heterocycles. The molecule has 2 amide bonds. The summed E-state index contributed by atoms with van der Waals surface area (Å²) in [5.74, 6) is 0.216. The predicted molar refractivity (Wildman–Crippen MR) is 99.0 cm³/mol. The number of nitrogens with zero attached hydrogens (tertiary/aromatic N) is 4. The first kappa shape index (κ1) is 18.3. The zero-order valence-corrected chi connectivity index (χ0v) is 15.8. The van der Waals surface area contributed by atoms with Gasteiger partial charge in [0.05, 0.1) is 5.60 Å². The second kappa shape index (κ2) is 7.92. The first-order valence-corrected chi connectivity index (χ1v) is 10.1. The van der Waals surface area contributed by atoms with Gasteiger partial charge in [0.1, 0.15) is 12.0 Å². The van der Waals surface area contributed by atoms with Crippen molar-refractivity contribution in [1.29, 1.82) is 0 Å². The minimum Gasteiger partial charge on any atom is -0.375 e. The maximum atomic E-state index is 12.9. The minimum atomic E-state index is -0.0716. The standard InChI is InChI=1S/C20H28N4O3/c25-18(24-12-7-20(8-13-24)6-1-2-14-27-20)16-4-10-23(11-5-16)19(26)17-3-9-21-15-22-17/h3,9,15-16H,1-2,4-8,10-14H2. The van der Waals surface area contributed by atoms with Crippen LogP contribution in [0, 0.1) is 5.92 Å². The Labute approximate surface area is 160 Å². The van der Waals surface area contributed by atoms with Crippen molar-refractivity contribution in [3.05, 3.63) is 24.3 Å². The molecule has 0 radical (unpaired) electrons. The molecule has 0 atom stereocenters. The van der Waals surface area contributed by atoms with Crippen LogP contribution in [-0.2, 0) is 9.53 Å². The van der Waals surface area contributed by atoms with Gasteiger partial charge in [-0.05, 0) is 51.0 Å². The number of likely N-dealkylation sites (tertiary alicyclic amines) is 2.